The van der Waals surface area contributed by atoms with Gasteiger partial charge in [0, 0.05) is 35.7 Å². The van der Waals surface area contributed by atoms with Crippen molar-refractivity contribution in [2.75, 3.05) is 6.61 Å². The number of carboxylic acids is 1. The Bertz CT molecular complexity index is 409. The number of aliphatic hydroxyl groups excluding tert-OH is 4. The van der Waals surface area contributed by atoms with E-state index in [1.54, 1.807) is 0 Å². The number of hydrogen-bond acceptors (Lipinski definition) is 8. The van der Waals surface area contributed by atoms with E-state index in [4.69, 9.17) is 14.9 Å². The van der Waals surface area contributed by atoms with E-state index in [-0.39, 0.29) is 22.4 Å². The van der Waals surface area contributed by atoms with Crippen LogP contribution in [-0.2, 0) is 36.7 Å². The number of ether oxygens (including phenoxy) is 1. The smallest absolute Gasteiger partial charge is 0.364 e. The number of carboxylic acid groups (broad SMARTS) is 1. The van der Waals surface area contributed by atoms with Gasteiger partial charge in [0.05, 0.1) is 18.8 Å². The van der Waals surface area contributed by atoms with Crippen LogP contribution in [0.2, 0.25) is 0 Å². The first-order valence-corrected chi connectivity index (χ1v) is 6.18. The maximum atomic E-state index is 11.1. The zero-order valence-electron chi connectivity index (χ0n) is 11.5. The van der Waals surface area contributed by atoms with Gasteiger partial charge in [0.25, 0.3) is 5.79 Å². The summed E-state index contributed by atoms with van der Waals surface area (Å²) < 4.78 is 4.86. The molecule has 0 aromatic rings. The third-order valence-corrected chi connectivity index (χ3v) is 3.21. The molecule has 7 N–H and O–H groups in total. The van der Waals surface area contributed by atoms with Crippen molar-refractivity contribution in [3.63, 3.8) is 0 Å². The van der Waals surface area contributed by atoms with Gasteiger partial charge in [-0.2, -0.15) is 0 Å². The van der Waals surface area contributed by atoms with E-state index in [1.165, 1.54) is 0 Å². The van der Waals surface area contributed by atoms with E-state index in [9.17, 15) is 30.0 Å². The van der Waals surface area contributed by atoms with Crippen LogP contribution in [0.5, 0.6) is 0 Å². The Balaban J connectivity index is 0.00000441. The second-order valence-corrected chi connectivity index (χ2v) is 4.91. The third-order valence-electron chi connectivity index (χ3n) is 3.21. The van der Waals surface area contributed by atoms with E-state index in [2.05, 4.69) is 5.32 Å². The maximum absolute atomic E-state index is 11.1. The van der Waals surface area contributed by atoms with Gasteiger partial charge < -0.3 is 40.7 Å². The molecule has 22 heavy (non-hydrogen) atoms. The number of carbonyl (C=O) groups is 2. The number of aliphatic hydroxyl groups is 5. The van der Waals surface area contributed by atoms with Crippen molar-refractivity contribution in [3.8, 4) is 0 Å². The minimum Gasteiger partial charge on any atom is -0.477 e. The summed E-state index contributed by atoms with van der Waals surface area (Å²) in [6, 6.07) is -1.27. The minimum atomic E-state index is -2.78. The summed E-state index contributed by atoms with van der Waals surface area (Å²) >= 11 is 0. The molecule has 1 fully saturated rings. The fraction of sp³-hybridized carbons (Fsp3) is 0.818. The van der Waals surface area contributed by atoms with Crippen LogP contribution in [0.1, 0.15) is 13.3 Å². The molecule has 133 valence electrons. The summed E-state index contributed by atoms with van der Waals surface area (Å²) in [5.41, 5.74) is 0. The zero-order chi connectivity index (χ0) is 16.4. The number of hydrogen-bond donors (Lipinski definition) is 7. The van der Waals surface area contributed by atoms with Crippen molar-refractivity contribution in [1.29, 1.82) is 0 Å². The fourth-order valence-corrected chi connectivity index (χ4v) is 2.14. The Kier molecular flexibility index (Phi) is 8.12. The van der Waals surface area contributed by atoms with Crippen molar-refractivity contribution in [2.45, 2.75) is 49.6 Å². The van der Waals surface area contributed by atoms with Crippen molar-refractivity contribution in [1.82, 2.24) is 5.32 Å². The molecule has 3 unspecified atom stereocenters. The monoisotopic (exact) mass is 506 g/mol. The van der Waals surface area contributed by atoms with Crippen molar-refractivity contribution in [3.05, 3.63) is 0 Å². The molecule has 1 aliphatic rings. The number of aliphatic carboxylic acids is 1. The average Bonchev–Trinajstić information content (AvgIpc) is 2.39. The molecule has 10 nitrogen and oxygen atoms in total. The topological polar surface area (TPSA) is 177 Å². The van der Waals surface area contributed by atoms with Crippen LogP contribution < -0.4 is 5.32 Å². The van der Waals surface area contributed by atoms with Gasteiger partial charge in [0.1, 0.15) is 18.3 Å². The molecule has 1 saturated heterocycles. The van der Waals surface area contributed by atoms with Crippen molar-refractivity contribution in [2.24, 2.45) is 0 Å². The van der Waals surface area contributed by atoms with E-state index in [0.717, 1.165) is 6.92 Å². The van der Waals surface area contributed by atoms with Crippen LogP contribution >= 0.6 is 0 Å². The van der Waals surface area contributed by atoms with Crippen LogP contribution in [-0.4, -0.2) is 85.4 Å². The largest absolute Gasteiger partial charge is 0.477 e. The number of carbonyl (C=O) groups excluding carboxylic acids is 1. The first kappa shape index (κ1) is 21.4. The third kappa shape index (κ3) is 4.72. The van der Waals surface area contributed by atoms with Gasteiger partial charge in [-0.3, -0.25) is 4.79 Å². The second-order valence-electron chi connectivity index (χ2n) is 4.91. The Morgan fingerprint density at radius 2 is 1.95 bits per heavy atom. The first-order chi connectivity index (χ1) is 9.62. The maximum Gasteiger partial charge on any atom is 0.364 e. The molecule has 0 aliphatic carbocycles. The first-order valence-electron chi connectivity index (χ1n) is 6.18. The van der Waals surface area contributed by atoms with Gasteiger partial charge in [-0.15, -0.1) is 0 Å². The molecular formula is C11H19AuNO9. The van der Waals surface area contributed by atoms with Gasteiger partial charge in [-0.05, 0) is 0 Å². The minimum absolute atomic E-state index is 0. The van der Waals surface area contributed by atoms with Gasteiger partial charge >= 0.3 is 5.97 Å². The normalized spacial score (nSPS) is 34.2. The predicted octanol–water partition coefficient (Wildman–Crippen LogP) is -3.87. The Hall–Kier alpha value is -0.560. The van der Waals surface area contributed by atoms with E-state index in [1.807, 2.05) is 0 Å². The van der Waals surface area contributed by atoms with Gasteiger partial charge in [-0.25, -0.2) is 4.79 Å². The summed E-state index contributed by atoms with van der Waals surface area (Å²) in [5.74, 6) is -5.17. The van der Waals surface area contributed by atoms with E-state index < -0.39 is 61.1 Å². The summed E-state index contributed by atoms with van der Waals surface area (Å²) in [6.45, 7) is 0.256. The Labute approximate surface area is 141 Å². The Morgan fingerprint density at radius 3 is 2.36 bits per heavy atom. The van der Waals surface area contributed by atoms with E-state index >= 15 is 0 Å². The number of nitrogens with one attached hydrogen (secondary N) is 1. The zero-order valence-corrected chi connectivity index (χ0v) is 13.7. The molecular weight excluding hydrogens is 487 g/mol. The quantitative estimate of drug-likeness (QED) is 0.184. The molecule has 1 heterocycles. The summed E-state index contributed by atoms with van der Waals surface area (Å²) in [5, 5.41) is 59.0. The van der Waals surface area contributed by atoms with Crippen LogP contribution in [0, 0.1) is 0 Å². The fourth-order valence-electron chi connectivity index (χ4n) is 2.14. The van der Waals surface area contributed by atoms with Gasteiger partial charge in [0.15, 0.2) is 0 Å². The van der Waals surface area contributed by atoms with Crippen LogP contribution in [0.4, 0.5) is 0 Å². The molecule has 1 radical (unpaired) electrons. The summed E-state index contributed by atoms with van der Waals surface area (Å²) in [7, 11) is 0. The molecule has 1 amide bonds. The molecule has 11 heteroatoms. The molecule has 0 bridgehead atoms. The van der Waals surface area contributed by atoms with Crippen molar-refractivity contribution < 1.29 is 67.3 Å². The van der Waals surface area contributed by atoms with Gasteiger partial charge in [0.2, 0.25) is 5.91 Å². The second kappa shape index (κ2) is 8.34. The molecule has 0 aromatic carbocycles. The summed E-state index contributed by atoms with van der Waals surface area (Å²) in [4.78, 5) is 22.1. The predicted molar refractivity (Wildman–Crippen MR) is 64.8 cm³/mol. The molecule has 0 spiro atoms. The van der Waals surface area contributed by atoms with Crippen LogP contribution in [0.15, 0.2) is 0 Å². The van der Waals surface area contributed by atoms with Gasteiger partial charge in [-0.1, -0.05) is 0 Å². The van der Waals surface area contributed by atoms with Crippen molar-refractivity contribution >= 4 is 11.9 Å². The standard InChI is InChI=1S/C11H19NO9.Au/c1-4(14)12-7-5(15)2-11(20,10(18)19)21-9(7)8(17)6(16)3-13;/h5-9,13,15-17,20H,2-3H2,1H3,(H,12,14)(H,18,19);/t5-,6?,7+,8?,9+,11?;/m0./s1. The Morgan fingerprint density at radius 1 is 1.41 bits per heavy atom. The van der Waals surface area contributed by atoms with Crippen LogP contribution in [0.3, 0.4) is 0 Å². The molecule has 1 aliphatic heterocycles. The molecule has 0 aromatic heterocycles. The molecule has 0 saturated carbocycles. The summed E-state index contributed by atoms with van der Waals surface area (Å²) in [6.07, 6.45) is -7.48. The molecule has 1 rings (SSSR count). The molecule has 6 atom stereocenters. The number of amides is 1. The average molecular weight is 506 g/mol. The number of rotatable bonds is 5. The SMILES string of the molecule is CC(=O)N[C@@H]1[C@@H](O)CC(O)(C(=O)O)O[C@H]1C(O)C(O)CO.[Au]. The van der Waals surface area contributed by atoms with E-state index in [0.29, 0.717) is 0 Å². The van der Waals surface area contributed by atoms with Crippen LogP contribution in [0.25, 0.3) is 0 Å².